The largest absolute Gasteiger partial charge is 0.479 e. The van der Waals surface area contributed by atoms with Crippen molar-refractivity contribution in [2.45, 2.75) is 32.0 Å². The minimum absolute atomic E-state index is 0. The summed E-state index contributed by atoms with van der Waals surface area (Å²) in [7, 11) is 0. The Labute approximate surface area is 84.1 Å². The van der Waals surface area contributed by atoms with Gasteiger partial charge in [-0.15, -0.1) is 12.4 Å². The first-order valence-corrected chi connectivity index (χ1v) is 4.33. The molecule has 0 amide bonds. The molecule has 1 fully saturated rings. The van der Waals surface area contributed by atoms with Crippen LogP contribution in [0.3, 0.4) is 0 Å². The second-order valence-corrected chi connectivity index (χ2v) is 2.99. The molecule has 0 aromatic rings. The van der Waals surface area contributed by atoms with Crippen LogP contribution in [0.2, 0.25) is 0 Å². The summed E-state index contributed by atoms with van der Waals surface area (Å²) in [5.74, 6) is -0.857. The molecule has 1 heterocycles. The zero-order valence-corrected chi connectivity index (χ0v) is 8.47. The molecule has 0 radical (unpaired) electrons. The van der Waals surface area contributed by atoms with E-state index >= 15 is 0 Å². The lowest BCUT2D eigenvalue weighted by molar-refractivity contribution is -0.153. The predicted octanol–water partition coefficient (Wildman–Crippen LogP) is 0.650. The van der Waals surface area contributed by atoms with E-state index in [1.165, 1.54) is 0 Å². The molecule has 78 valence electrons. The fourth-order valence-electron chi connectivity index (χ4n) is 1.31. The van der Waals surface area contributed by atoms with Crippen molar-refractivity contribution >= 4 is 18.4 Å². The van der Waals surface area contributed by atoms with Gasteiger partial charge < -0.3 is 15.2 Å². The van der Waals surface area contributed by atoms with Gasteiger partial charge in [0.05, 0.1) is 6.10 Å². The van der Waals surface area contributed by atoms with Crippen LogP contribution in [0.25, 0.3) is 0 Å². The number of aliphatic carboxylic acids is 1. The summed E-state index contributed by atoms with van der Waals surface area (Å²) in [5.41, 5.74) is 0. The summed E-state index contributed by atoms with van der Waals surface area (Å²) in [5, 5.41) is 11.8. The first kappa shape index (κ1) is 12.7. The number of halogens is 1. The third-order valence-corrected chi connectivity index (χ3v) is 2.02. The molecule has 0 aromatic heterocycles. The van der Waals surface area contributed by atoms with E-state index in [4.69, 9.17) is 9.84 Å². The van der Waals surface area contributed by atoms with Gasteiger partial charge in [0.2, 0.25) is 0 Å². The Hall–Kier alpha value is -0.320. The summed E-state index contributed by atoms with van der Waals surface area (Å²) in [6.07, 6.45) is 0.913. The molecular weight excluding hydrogens is 194 g/mol. The van der Waals surface area contributed by atoms with Crippen molar-refractivity contribution in [2.24, 2.45) is 0 Å². The van der Waals surface area contributed by atoms with Crippen molar-refractivity contribution in [1.29, 1.82) is 0 Å². The van der Waals surface area contributed by atoms with Gasteiger partial charge in [-0.2, -0.15) is 0 Å². The Bertz CT molecular complexity index is 159. The van der Waals surface area contributed by atoms with Crippen LogP contribution in [0.5, 0.6) is 0 Å². The van der Waals surface area contributed by atoms with Crippen molar-refractivity contribution in [3.8, 4) is 0 Å². The number of hydrogen-bond donors (Lipinski definition) is 2. The molecule has 0 aromatic carbocycles. The molecule has 0 bridgehead atoms. The van der Waals surface area contributed by atoms with Crippen LogP contribution in [-0.4, -0.2) is 36.4 Å². The second kappa shape index (κ2) is 6.18. The van der Waals surface area contributed by atoms with E-state index in [0.29, 0.717) is 6.42 Å². The molecule has 2 N–H and O–H groups in total. The average Bonchev–Trinajstić information content (AvgIpc) is 2.51. The van der Waals surface area contributed by atoms with E-state index in [-0.39, 0.29) is 18.5 Å². The van der Waals surface area contributed by atoms with Crippen LogP contribution in [0.1, 0.15) is 19.8 Å². The SMILES string of the molecule is CCC(O[C@H]1CCNC1)C(=O)O.Cl. The van der Waals surface area contributed by atoms with Gasteiger partial charge in [0, 0.05) is 6.54 Å². The predicted molar refractivity (Wildman–Crippen MR) is 51.3 cm³/mol. The lowest BCUT2D eigenvalue weighted by Crippen LogP contribution is -2.29. The van der Waals surface area contributed by atoms with Crippen molar-refractivity contribution in [2.75, 3.05) is 13.1 Å². The van der Waals surface area contributed by atoms with Crippen LogP contribution in [0.4, 0.5) is 0 Å². The van der Waals surface area contributed by atoms with Crippen LogP contribution >= 0.6 is 12.4 Å². The minimum atomic E-state index is -0.857. The number of hydrogen-bond acceptors (Lipinski definition) is 3. The molecule has 1 aliphatic heterocycles. The molecular formula is C8H16ClNO3. The lowest BCUT2D eigenvalue weighted by Gasteiger charge is -2.16. The fraction of sp³-hybridized carbons (Fsp3) is 0.875. The molecule has 1 unspecified atom stereocenters. The quantitative estimate of drug-likeness (QED) is 0.714. The van der Waals surface area contributed by atoms with E-state index in [9.17, 15) is 4.79 Å². The van der Waals surface area contributed by atoms with Crippen LogP contribution < -0.4 is 5.32 Å². The molecule has 0 saturated carbocycles. The number of ether oxygens (including phenoxy) is 1. The Morgan fingerprint density at radius 2 is 2.46 bits per heavy atom. The molecule has 4 nitrogen and oxygen atoms in total. The van der Waals surface area contributed by atoms with Crippen LogP contribution in [0, 0.1) is 0 Å². The van der Waals surface area contributed by atoms with Gasteiger partial charge in [0.1, 0.15) is 0 Å². The number of rotatable bonds is 4. The fourth-order valence-corrected chi connectivity index (χ4v) is 1.31. The standard InChI is InChI=1S/C8H15NO3.ClH/c1-2-7(8(10)11)12-6-3-4-9-5-6;/h6-7,9H,2-5H2,1H3,(H,10,11);1H/t6-,7?;/m0./s1. The Morgan fingerprint density at radius 3 is 2.85 bits per heavy atom. The monoisotopic (exact) mass is 209 g/mol. The van der Waals surface area contributed by atoms with Gasteiger partial charge in [-0.05, 0) is 19.4 Å². The number of carboxylic acid groups (broad SMARTS) is 1. The van der Waals surface area contributed by atoms with Gasteiger partial charge in [-0.1, -0.05) is 6.92 Å². The first-order chi connectivity index (χ1) is 5.74. The third kappa shape index (κ3) is 3.93. The van der Waals surface area contributed by atoms with Gasteiger partial charge in [-0.25, -0.2) is 4.79 Å². The summed E-state index contributed by atoms with van der Waals surface area (Å²) in [6.45, 7) is 3.53. The number of carbonyl (C=O) groups is 1. The second-order valence-electron chi connectivity index (χ2n) is 2.99. The Kier molecular flexibility index (Phi) is 6.03. The van der Waals surface area contributed by atoms with E-state index in [2.05, 4.69) is 5.32 Å². The number of nitrogens with one attached hydrogen (secondary N) is 1. The molecule has 0 aliphatic carbocycles. The topological polar surface area (TPSA) is 58.6 Å². The Morgan fingerprint density at radius 1 is 1.77 bits per heavy atom. The molecule has 1 saturated heterocycles. The smallest absolute Gasteiger partial charge is 0.332 e. The van der Waals surface area contributed by atoms with Gasteiger partial charge >= 0.3 is 5.97 Å². The van der Waals surface area contributed by atoms with Crippen LogP contribution in [0.15, 0.2) is 0 Å². The highest BCUT2D eigenvalue weighted by atomic mass is 35.5. The maximum Gasteiger partial charge on any atom is 0.332 e. The molecule has 5 heteroatoms. The zero-order valence-electron chi connectivity index (χ0n) is 7.66. The first-order valence-electron chi connectivity index (χ1n) is 4.33. The van der Waals surface area contributed by atoms with Gasteiger partial charge in [0.25, 0.3) is 0 Å². The maximum absolute atomic E-state index is 10.6. The van der Waals surface area contributed by atoms with Gasteiger partial charge in [-0.3, -0.25) is 0 Å². The lowest BCUT2D eigenvalue weighted by atomic mass is 10.2. The molecule has 1 aliphatic rings. The van der Waals surface area contributed by atoms with E-state index in [0.717, 1.165) is 19.5 Å². The van der Waals surface area contributed by atoms with Crippen molar-refractivity contribution in [3.05, 3.63) is 0 Å². The maximum atomic E-state index is 10.6. The number of carboxylic acids is 1. The van der Waals surface area contributed by atoms with Crippen molar-refractivity contribution in [1.82, 2.24) is 5.32 Å². The van der Waals surface area contributed by atoms with Crippen molar-refractivity contribution in [3.63, 3.8) is 0 Å². The van der Waals surface area contributed by atoms with Crippen molar-refractivity contribution < 1.29 is 14.6 Å². The highest BCUT2D eigenvalue weighted by molar-refractivity contribution is 5.85. The molecule has 2 atom stereocenters. The summed E-state index contributed by atoms with van der Waals surface area (Å²) in [6, 6.07) is 0. The molecule has 0 spiro atoms. The summed E-state index contributed by atoms with van der Waals surface area (Å²) >= 11 is 0. The van der Waals surface area contributed by atoms with E-state index in [1.54, 1.807) is 0 Å². The summed E-state index contributed by atoms with van der Waals surface area (Å²) in [4.78, 5) is 10.6. The highest BCUT2D eigenvalue weighted by Gasteiger charge is 2.23. The van der Waals surface area contributed by atoms with E-state index < -0.39 is 12.1 Å². The minimum Gasteiger partial charge on any atom is -0.479 e. The highest BCUT2D eigenvalue weighted by Crippen LogP contribution is 2.09. The average molecular weight is 210 g/mol. The third-order valence-electron chi connectivity index (χ3n) is 2.02. The normalized spacial score (nSPS) is 23.6. The van der Waals surface area contributed by atoms with Crippen LogP contribution in [-0.2, 0) is 9.53 Å². The molecule has 13 heavy (non-hydrogen) atoms. The van der Waals surface area contributed by atoms with Gasteiger partial charge in [0.15, 0.2) is 6.10 Å². The molecule has 1 rings (SSSR count). The Balaban J connectivity index is 0.00000144. The van der Waals surface area contributed by atoms with E-state index in [1.807, 2.05) is 6.92 Å². The zero-order chi connectivity index (χ0) is 8.97. The summed E-state index contributed by atoms with van der Waals surface area (Å²) < 4.78 is 5.36.